The Morgan fingerprint density at radius 1 is 0.520 bits per heavy atom. The summed E-state index contributed by atoms with van der Waals surface area (Å²) in [4.78, 5) is 52.2. The Hall–Kier alpha value is -4.08. The summed E-state index contributed by atoms with van der Waals surface area (Å²) in [6.45, 7) is 4.16. The van der Waals surface area contributed by atoms with Crippen LogP contribution in [0.2, 0.25) is 0 Å². The van der Waals surface area contributed by atoms with E-state index in [2.05, 4.69) is 22.9 Å². The van der Waals surface area contributed by atoms with Crippen molar-refractivity contribution in [2.75, 3.05) is 0 Å². The third-order valence-corrected chi connectivity index (χ3v) is 9.01. The quantitative estimate of drug-likeness (QED) is 0.0543. The SMILES string of the molecule is CCCCCCCCCCCCCCCC(=O)N[C@@H](Cc1ccc(O)cc1)C(=O)N[C@@H](Cc1ccc(O)cc1)C(=O)N[C@@H](CCCC)C(=O)O. The minimum Gasteiger partial charge on any atom is -0.508 e. The highest BCUT2D eigenvalue weighted by Gasteiger charge is 2.30. The molecule has 0 aromatic heterocycles. The van der Waals surface area contributed by atoms with E-state index in [0.29, 0.717) is 24.0 Å². The molecule has 0 radical (unpaired) electrons. The second kappa shape index (κ2) is 25.0. The van der Waals surface area contributed by atoms with Crippen LogP contribution in [0.25, 0.3) is 0 Å². The van der Waals surface area contributed by atoms with Gasteiger partial charge in [0, 0.05) is 19.3 Å². The largest absolute Gasteiger partial charge is 0.508 e. The Morgan fingerprint density at radius 3 is 1.32 bits per heavy atom. The van der Waals surface area contributed by atoms with E-state index < -0.39 is 35.9 Å². The van der Waals surface area contributed by atoms with Gasteiger partial charge in [0.1, 0.15) is 29.6 Å². The Kier molecular flexibility index (Phi) is 21.0. The first kappa shape index (κ1) is 42.1. The Morgan fingerprint density at radius 2 is 0.900 bits per heavy atom. The fourth-order valence-electron chi connectivity index (χ4n) is 5.93. The molecule has 0 spiro atoms. The summed E-state index contributed by atoms with van der Waals surface area (Å²) in [5, 5.41) is 37.4. The van der Waals surface area contributed by atoms with Crippen molar-refractivity contribution in [1.82, 2.24) is 16.0 Å². The molecule has 3 amide bonds. The number of carbonyl (C=O) groups is 4. The normalized spacial score (nSPS) is 12.8. The van der Waals surface area contributed by atoms with E-state index in [0.717, 1.165) is 25.7 Å². The molecular weight excluding hydrogens is 634 g/mol. The number of carboxylic acid groups (broad SMARTS) is 1. The fourth-order valence-corrected chi connectivity index (χ4v) is 5.93. The lowest BCUT2D eigenvalue weighted by molar-refractivity contribution is -0.142. The number of unbranched alkanes of at least 4 members (excludes halogenated alkanes) is 13. The first-order valence-corrected chi connectivity index (χ1v) is 18.8. The van der Waals surface area contributed by atoms with Crippen LogP contribution in [-0.4, -0.2) is 57.1 Å². The summed E-state index contributed by atoms with van der Waals surface area (Å²) in [7, 11) is 0. The number of carbonyl (C=O) groups excluding carboxylic acids is 3. The summed E-state index contributed by atoms with van der Waals surface area (Å²) >= 11 is 0. The van der Waals surface area contributed by atoms with E-state index >= 15 is 0 Å². The summed E-state index contributed by atoms with van der Waals surface area (Å²) in [5.74, 6) is -2.55. The summed E-state index contributed by atoms with van der Waals surface area (Å²) in [5.41, 5.74) is 1.35. The van der Waals surface area contributed by atoms with E-state index in [-0.39, 0.29) is 43.1 Å². The third kappa shape index (κ3) is 18.1. The smallest absolute Gasteiger partial charge is 0.326 e. The molecule has 0 aliphatic heterocycles. The first-order valence-electron chi connectivity index (χ1n) is 18.8. The van der Waals surface area contributed by atoms with Crippen LogP contribution in [0.4, 0.5) is 0 Å². The van der Waals surface area contributed by atoms with Gasteiger partial charge in [0.05, 0.1) is 0 Å². The minimum atomic E-state index is -1.16. The standard InChI is InChI=1S/C40H61N3O7/c1-3-5-7-8-9-10-11-12-13-14-15-16-17-19-37(46)41-35(28-30-20-24-32(44)25-21-30)38(47)43-36(29-31-22-26-33(45)27-23-31)39(48)42-34(40(49)50)18-6-4-2/h20-27,34-36,44-45H,3-19,28-29H2,1-2H3,(H,41,46)(H,42,48)(H,43,47)(H,49,50)/t34-,35-,36-/m0/s1. The zero-order valence-electron chi connectivity index (χ0n) is 30.3. The summed E-state index contributed by atoms with van der Waals surface area (Å²) in [6, 6.07) is 9.25. The molecule has 0 aliphatic carbocycles. The van der Waals surface area contributed by atoms with Crippen molar-refractivity contribution < 1.29 is 34.5 Å². The second-order valence-electron chi connectivity index (χ2n) is 13.5. The van der Waals surface area contributed by atoms with Gasteiger partial charge in [-0.3, -0.25) is 14.4 Å². The number of hydrogen-bond acceptors (Lipinski definition) is 6. The van der Waals surface area contributed by atoms with E-state index in [1.54, 1.807) is 24.3 Å². The number of hydrogen-bond donors (Lipinski definition) is 6. The zero-order chi connectivity index (χ0) is 36.6. The van der Waals surface area contributed by atoms with Crippen molar-refractivity contribution in [1.29, 1.82) is 0 Å². The minimum absolute atomic E-state index is 0.0385. The maximum Gasteiger partial charge on any atom is 0.326 e. The van der Waals surface area contributed by atoms with Crippen LogP contribution in [0.1, 0.15) is 134 Å². The molecule has 0 heterocycles. The van der Waals surface area contributed by atoms with E-state index in [4.69, 9.17) is 0 Å². The molecule has 0 fully saturated rings. The Bertz CT molecular complexity index is 1270. The molecule has 6 N–H and O–H groups in total. The van der Waals surface area contributed by atoms with Gasteiger partial charge >= 0.3 is 5.97 Å². The second-order valence-corrected chi connectivity index (χ2v) is 13.5. The Balaban J connectivity index is 2.01. The summed E-state index contributed by atoms with van der Waals surface area (Å²) in [6.07, 6.45) is 17.6. The van der Waals surface area contributed by atoms with Crippen molar-refractivity contribution in [3.8, 4) is 11.5 Å². The van der Waals surface area contributed by atoms with Crippen LogP contribution in [0.15, 0.2) is 48.5 Å². The highest BCUT2D eigenvalue weighted by atomic mass is 16.4. The lowest BCUT2D eigenvalue weighted by Crippen LogP contribution is -2.56. The molecule has 2 aromatic rings. The van der Waals surface area contributed by atoms with Gasteiger partial charge in [-0.1, -0.05) is 128 Å². The van der Waals surface area contributed by atoms with Crippen molar-refractivity contribution in [2.45, 2.75) is 154 Å². The number of carboxylic acids is 1. The highest BCUT2D eigenvalue weighted by molar-refractivity contribution is 5.93. The van der Waals surface area contributed by atoms with Crippen LogP contribution >= 0.6 is 0 Å². The molecule has 50 heavy (non-hydrogen) atoms. The molecular formula is C40H61N3O7. The predicted octanol–water partition coefficient (Wildman–Crippen LogP) is 7.09. The number of phenolic OH excluding ortho intramolecular Hbond substituents is 2. The molecule has 10 heteroatoms. The molecule has 0 unspecified atom stereocenters. The lowest BCUT2D eigenvalue weighted by Gasteiger charge is -2.25. The van der Waals surface area contributed by atoms with Crippen molar-refractivity contribution in [2.24, 2.45) is 0 Å². The fraction of sp³-hybridized carbons (Fsp3) is 0.600. The van der Waals surface area contributed by atoms with Gasteiger partial charge in [-0.05, 0) is 48.2 Å². The number of aliphatic carboxylic acids is 1. The molecule has 3 atom stereocenters. The highest BCUT2D eigenvalue weighted by Crippen LogP contribution is 2.16. The monoisotopic (exact) mass is 695 g/mol. The number of aromatic hydroxyl groups is 2. The first-order chi connectivity index (χ1) is 24.1. The van der Waals surface area contributed by atoms with Gasteiger partial charge in [-0.2, -0.15) is 0 Å². The topological polar surface area (TPSA) is 165 Å². The summed E-state index contributed by atoms with van der Waals surface area (Å²) < 4.78 is 0. The van der Waals surface area contributed by atoms with E-state index in [9.17, 15) is 34.5 Å². The van der Waals surface area contributed by atoms with Gasteiger partial charge in [-0.25, -0.2) is 4.79 Å². The maximum atomic E-state index is 13.8. The molecule has 278 valence electrons. The van der Waals surface area contributed by atoms with Crippen LogP contribution in [-0.2, 0) is 32.0 Å². The average Bonchev–Trinajstić information content (AvgIpc) is 3.09. The molecule has 0 bridgehead atoms. The van der Waals surface area contributed by atoms with Crippen LogP contribution in [0.5, 0.6) is 11.5 Å². The maximum absolute atomic E-state index is 13.8. The molecule has 2 aromatic carbocycles. The number of phenols is 2. The third-order valence-electron chi connectivity index (χ3n) is 9.01. The van der Waals surface area contributed by atoms with E-state index in [1.165, 1.54) is 82.1 Å². The number of rotatable bonds is 27. The molecule has 2 rings (SSSR count). The zero-order valence-corrected chi connectivity index (χ0v) is 30.3. The number of benzene rings is 2. The number of amides is 3. The lowest BCUT2D eigenvalue weighted by atomic mass is 10.0. The Labute approximate surface area is 298 Å². The average molecular weight is 696 g/mol. The van der Waals surface area contributed by atoms with Gasteiger partial charge in [-0.15, -0.1) is 0 Å². The van der Waals surface area contributed by atoms with Crippen LogP contribution in [0, 0.1) is 0 Å². The van der Waals surface area contributed by atoms with E-state index in [1.807, 2.05) is 6.92 Å². The predicted molar refractivity (Wildman–Crippen MR) is 197 cm³/mol. The van der Waals surface area contributed by atoms with Gasteiger partial charge < -0.3 is 31.3 Å². The van der Waals surface area contributed by atoms with Crippen LogP contribution in [0.3, 0.4) is 0 Å². The molecule has 0 aliphatic rings. The molecule has 0 saturated carbocycles. The van der Waals surface area contributed by atoms with Crippen molar-refractivity contribution in [3.63, 3.8) is 0 Å². The van der Waals surface area contributed by atoms with Gasteiger partial charge in [0.2, 0.25) is 17.7 Å². The van der Waals surface area contributed by atoms with Crippen molar-refractivity contribution in [3.05, 3.63) is 59.7 Å². The van der Waals surface area contributed by atoms with Crippen molar-refractivity contribution >= 4 is 23.7 Å². The van der Waals surface area contributed by atoms with Gasteiger partial charge in [0.25, 0.3) is 0 Å². The molecule has 10 nitrogen and oxygen atoms in total. The number of nitrogens with one attached hydrogen (secondary N) is 3. The van der Waals surface area contributed by atoms with Crippen LogP contribution < -0.4 is 16.0 Å². The molecule has 0 saturated heterocycles. The van der Waals surface area contributed by atoms with Gasteiger partial charge in [0.15, 0.2) is 0 Å².